The van der Waals surface area contributed by atoms with Crippen molar-refractivity contribution in [2.45, 2.75) is 6.92 Å². The van der Waals surface area contributed by atoms with Crippen LogP contribution in [0.3, 0.4) is 0 Å². The van der Waals surface area contributed by atoms with E-state index in [4.69, 9.17) is 0 Å². The second-order valence-corrected chi connectivity index (χ2v) is 4.48. The Balaban J connectivity index is 2.35. The molecule has 16 heavy (non-hydrogen) atoms. The van der Waals surface area contributed by atoms with Crippen LogP contribution in [0.4, 0.5) is 0 Å². The van der Waals surface area contributed by atoms with Gasteiger partial charge in [0.1, 0.15) is 5.69 Å². The molecule has 0 bridgehead atoms. The van der Waals surface area contributed by atoms with Gasteiger partial charge in [0.25, 0.3) is 0 Å². The second-order valence-electron chi connectivity index (χ2n) is 3.56. The zero-order chi connectivity index (χ0) is 11.5. The average Bonchev–Trinajstić information content (AvgIpc) is 2.29. The monoisotopic (exact) mass is 275 g/mol. The Hall–Kier alpha value is -1.48. The molecule has 0 aliphatic rings. The van der Waals surface area contributed by atoms with Crippen LogP contribution in [-0.4, -0.2) is 10.8 Å². The summed E-state index contributed by atoms with van der Waals surface area (Å²) in [6.45, 7) is 1.94. The molecule has 0 N–H and O–H groups in total. The van der Waals surface area contributed by atoms with E-state index in [1.54, 1.807) is 24.4 Å². The highest BCUT2D eigenvalue weighted by atomic mass is 79.9. The number of carbonyl (C=O) groups excluding carboxylic acids is 1. The lowest BCUT2D eigenvalue weighted by Gasteiger charge is -2.01. The molecule has 0 aliphatic heterocycles. The van der Waals surface area contributed by atoms with Crippen LogP contribution in [0.25, 0.3) is 0 Å². The number of benzene rings is 1. The molecular weight excluding hydrogens is 266 g/mol. The molecule has 0 fully saturated rings. The summed E-state index contributed by atoms with van der Waals surface area (Å²) in [4.78, 5) is 16.1. The number of rotatable bonds is 2. The fourth-order valence-corrected chi connectivity index (χ4v) is 1.78. The maximum atomic E-state index is 12.0. The Bertz CT molecular complexity index is 520. The van der Waals surface area contributed by atoms with Crippen molar-refractivity contribution in [1.82, 2.24) is 4.98 Å². The van der Waals surface area contributed by atoms with E-state index in [0.29, 0.717) is 11.3 Å². The van der Waals surface area contributed by atoms with E-state index in [1.165, 1.54) is 0 Å². The molecule has 0 atom stereocenters. The van der Waals surface area contributed by atoms with Crippen molar-refractivity contribution in [3.63, 3.8) is 0 Å². The van der Waals surface area contributed by atoms with Gasteiger partial charge in [-0.05, 0) is 30.7 Å². The first-order valence-corrected chi connectivity index (χ1v) is 5.69. The highest BCUT2D eigenvalue weighted by Gasteiger charge is 2.09. The van der Waals surface area contributed by atoms with Crippen LogP contribution in [0.2, 0.25) is 0 Å². The van der Waals surface area contributed by atoms with E-state index in [0.717, 1.165) is 10.0 Å². The number of aromatic nitrogens is 1. The van der Waals surface area contributed by atoms with Crippen LogP contribution in [0.1, 0.15) is 21.6 Å². The first-order valence-electron chi connectivity index (χ1n) is 4.90. The van der Waals surface area contributed by atoms with Crippen molar-refractivity contribution in [1.29, 1.82) is 0 Å². The number of halogens is 1. The number of carbonyl (C=O) groups is 1. The Morgan fingerprint density at radius 2 is 2.06 bits per heavy atom. The zero-order valence-electron chi connectivity index (χ0n) is 8.77. The Morgan fingerprint density at radius 1 is 1.25 bits per heavy atom. The summed E-state index contributed by atoms with van der Waals surface area (Å²) in [6, 6.07) is 10.9. The normalized spacial score (nSPS) is 10.1. The molecule has 0 saturated heterocycles. The van der Waals surface area contributed by atoms with Crippen LogP contribution >= 0.6 is 15.9 Å². The summed E-state index contributed by atoms with van der Waals surface area (Å²) in [5, 5.41) is 0. The van der Waals surface area contributed by atoms with Gasteiger partial charge in [-0.1, -0.05) is 34.1 Å². The van der Waals surface area contributed by atoms with E-state index in [-0.39, 0.29) is 5.78 Å². The average molecular weight is 276 g/mol. The molecule has 0 saturated carbocycles. The molecule has 0 unspecified atom stereocenters. The van der Waals surface area contributed by atoms with Crippen molar-refractivity contribution < 1.29 is 4.79 Å². The highest BCUT2D eigenvalue weighted by molar-refractivity contribution is 9.10. The SMILES string of the molecule is Cc1ccc(C(=O)c2cccc(Br)c2)nc1. The lowest BCUT2D eigenvalue weighted by atomic mass is 10.1. The van der Waals surface area contributed by atoms with Gasteiger partial charge in [0.05, 0.1) is 0 Å². The molecule has 1 aromatic heterocycles. The number of hydrogen-bond acceptors (Lipinski definition) is 2. The lowest BCUT2D eigenvalue weighted by Crippen LogP contribution is -2.03. The van der Waals surface area contributed by atoms with Gasteiger partial charge in [-0.25, -0.2) is 0 Å². The van der Waals surface area contributed by atoms with Crippen LogP contribution in [0.5, 0.6) is 0 Å². The molecule has 0 spiro atoms. The molecule has 2 rings (SSSR count). The molecule has 2 aromatic rings. The third-order valence-electron chi connectivity index (χ3n) is 2.23. The smallest absolute Gasteiger partial charge is 0.211 e. The van der Waals surface area contributed by atoms with Gasteiger partial charge in [-0.2, -0.15) is 0 Å². The van der Waals surface area contributed by atoms with Crippen molar-refractivity contribution in [3.8, 4) is 0 Å². The Kier molecular flexibility index (Phi) is 3.15. The standard InChI is InChI=1S/C13H10BrNO/c1-9-5-6-12(15-8-9)13(16)10-3-2-4-11(14)7-10/h2-8H,1H3. The van der Waals surface area contributed by atoms with Gasteiger partial charge in [0, 0.05) is 16.2 Å². The van der Waals surface area contributed by atoms with Crippen molar-refractivity contribution in [2.75, 3.05) is 0 Å². The molecule has 80 valence electrons. The van der Waals surface area contributed by atoms with Gasteiger partial charge in [0.2, 0.25) is 5.78 Å². The second kappa shape index (κ2) is 4.58. The van der Waals surface area contributed by atoms with Crippen LogP contribution in [-0.2, 0) is 0 Å². The van der Waals surface area contributed by atoms with E-state index in [2.05, 4.69) is 20.9 Å². The minimum atomic E-state index is -0.0544. The molecule has 1 aromatic carbocycles. The number of aryl methyl sites for hydroxylation is 1. The molecule has 0 radical (unpaired) electrons. The number of ketones is 1. The largest absolute Gasteiger partial charge is 0.287 e. The summed E-state index contributed by atoms with van der Waals surface area (Å²) >= 11 is 3.34. The lowest BCUT2D eigenvalue weighted by molar-refractivity contribution is 0.103. The van der Waals surface area contributed by atoms with Crippen LogP contribution in [0.15, 0.2) is 47.1 Å². The Labute approximate surface area is 102 Å². The van der Waals surface area contributed by atoms with E-state index < -0.39 is 0 Å². The van der Waals surface area contributed by atoms with Gasteiger partial charge in [-0.15, -0.1) is 0 Å². The Morgan fingerprint density at radius 3 is 2.69 bits per heavy atom. The minimum absolute atomic E-state index is 0.0544. The van der Waals surface area contributed by atoms with Gasteiger partial charge >= 0.3 is 0 Å². The van der Waals surface area contributed by atoms with Gasteiger partial charge in [0.15, 0.2) is 0 Å². The summed E-state index contributed by atoms with van der Waals surface area (Å²) < 4.78 is 0.894. The fourth-order valence-electron chi connectivity index (χ4n) is 1.38. The third-order valence-corrected chi connectivity index (χ3v) is 2.72. The fraction of sp³-hybridized carbons (Fsp3) is 0.0769. The first kappa shape index (κ1) is 11.0. The molecule has 1 heterocycles. The maximum absolute atomic E-state index is 12.0. The quantitative estimate of drug-likeness (QED) is 0.787. The summed E-state index contributed by atoms with van der Waals surface area (Å²) in [6.07, 6.45) is 1.70. The number of hydrogen-bond donors (Lipinski definition) is 0. The van der Waals surface area contributed by atoms with Crippen molar-refractivity contribution >= 4 is 21.7 Å². The maximum Gasteiger partial charge on any atom is 0.211 e. The number of nitrogens with zero attached hydrogens (tertiary/aromatic N) is 1. The predicted octanol–water partition coefficient (Wildman–Crippen LogP) is 3.38. The highest BCUT2D eigenvalue weighted by Crippen LogP contribution is 2.14. The van der Waals surface area contributed by atoms with Gasteiger partial charge < -0.3 is 0 Å². The summed E-state index contributed by atoms with van der Waals surface area (Å²) in [5.41, 5.74) is 2.17. The van der Waals surface area contributed by atoms with E-state index in [9.17, 15) is 4.79 Å². The molecular formula is C13H10BrNO. The third kappa shape index (κ3) is 2.36. The van der Waals surface area contributed by atoms with Crippen LogP contribution < -0.4 is 0 Å². The van der Waals surface area contributed by atoms with E-state index in [1.807, 2.05) is 25.1 Å². The minimum Gasteiger partial charge on any atom is -0.287 e. The topological polar surface area (TPSA) is 30.0 Å². The number of pyridine rings is 1. The predicted molar refractivity (Wildman–Crippen MR) is 66.5 cm³/mol. The van der Waals surface area contributed by atoms with E-state index >= 15 is 0 Å². The first-order chi connectivity index (χ1) is 7.66. The zero-order valence-corrected chi connectivity index (χ0v) is 10.4. The van der Waals surface area contributed by atoms with Gasteiger partial charge in [-0.3, -0.25) is 9.78 Å². The molecule has 3 heteroatoms. The molecule has 0 aliphatic carbocycles. The summed E-state index contributed by atoms with van der Waals surface area (Å²) in [5.74, 6) is -0.0544. The van der Waals surface area contributed by atoms with Crippen molar-refractivity contribution in [3.05, 3.63) is 63.9 Å². The summed E-state index contributed by atoms with van der Waals surface area (Å²) in [7, 11) is 0. The molecule has 0 amide bonds. The van der Waals surface area contributed by atoms with Crippen LogP contribution in [0, 0.1) is 6.92 Å². The molecule has 2 nitrogen and oxygen atoms in total. The van der Waals surface area contributed by atoms with Crippen molar-refractivity contribution in [2.24, 2.45) is 0 Å².